The number of benzene rings is 1. The first-order chi connectivity index (χ1) is 8.24. The summed E-state index contributed by atoms with van der Waals surface area (Å²) in [6.07, 6.45) is 3.48. The number of nitrogen functional groups attached to an aromatic ring is 1. The zero-order valence-electron chi connectivity index (χ0n) is 9.10. The maximum atomic E-state index is 5.97. The maximum absolute atomic E-state index is 5.97. The van der Waals surface area contributed by atoms with Gasteiger partial charge in [-0.2, -0.15) is 0 Å². The number of fused-ring (bicyclic) bond motifs is 1. The molecule has 0 fully saturated rings. The van der Waals surface area contributed by atoms with Crippen LogP contribution in [0.2, 0.25) is 0 Å². The van der Waals surface area contributed by atoms with E-state index in [0.29, 0.717) is 0 Å². The number of nitrogens with zero attached hydrogens (tertiary/aromatic N) is 3. The van der Waals surface area contributed by atoms with Crippen molar-refractivity contribution >= 4 is 27.4 Å². The van der Waals surface area contributed by atoms with Crippen molar-refractivity contribution in [3.63, 3.8) is 0 Å². The molecule has 1 aromatic heterocycles. The third-order valence-electron chi connectivity index (χ3n) is 2.95. The zero-order valence-corrected chi connectivity index (χ0v) is 10.7. The van der Waals surface area contributed by atoms with E-state index >= 15 is 0 Å². The van der Waals surface area contributed by atoms with Gasteiger partial charge in [0.1, 0.15) is 10.4 Å². The molecular weight excluding hydrogens is 280 g/mol. The predicted octanol–water partition coefficient (Wildman–Crippen LogP) is 2.34. The Kier molecular flexibility index (Phi) is 2.48. The van der Waals surface area contributed by atoms with E-state index in [9.17, 15) is 0 Å². The minimum Gasteiger partial charge on any atom is -0.398 e. The van der Waals surface area contributed by atoms with Crippen molar-refractivity contribution in [2.45, 2.75) is 13.1 Å². The molecule has 1 aromatic carbocycles. The molecule has 86 valence electrons. The summed E-state index contributed by atoms with van der Waals surface area (Å²) in [4.78, 5) is 10.7. The molecule has 0 saturated carbocycles. The van der Waals surface area contributed by atoms with E-state index in [0.717, 1.165) is 29.2 Å². The van der Waals surface area contributed by atoms with E-state index in [1.54, 1.807) is 12.4 Å². The van der Waals surface area contributed by atoms with Crippen LogP contribution >= 0.6 is 15.9 Å². The first-order valence-corrected chi connectivity index (χ1v) is 6.12. The number of nitrogens with two attached hydrogens (primary N) is 1. The lowest BCUT2D eigenvalue weighted by Crippen LogP contribution is -2.16. The van der Waals surface area contributed by atoms with Gasteiger partial charge in [-0.05, 0) is 33.1 Å². The van der Waals surface area contributed by atoms with Crippen LogP contribution in [0, 0.1) is 0 Å². The number of aromatic nitrogens is 2. The summed E-state index contributed by atoms with van der Waals surface area (Å²) in [5.41, 5.74) is 9.30. The van der Waals surface area contributed by atoms with Crippen LogP contribution in [0.5, 0.6) is 0 Å². The van der Waals surface area contributed by atoms with Crippen LogP contribution in [0.25, 0.3) is 0 Å². The van der Waals surface area contributed by atoms with E-state index in [4.69, 9.17) is 5.73 Å². The molecule has 0 aliphatic carbocycles. The molecular formula is C12H11BrN4. The van der Waals surface area contributed by atoms with Crippen molar-refractivity contribution in [2.24, 2.45) is 0 Å². The number of hydrogen-bond donors (Lipinski definition) is 1. The number of rotatable bonds is 1. The van der Waals surface area contributed by atoms with Gasteiger partial charge in [0.25, 0.3) is 0 Å². The summed E-state index contributed by atoms with van der Waals surface area (Å²) in [7, 11) is 0. The average molecular weight is 291 g/mol. The second-order valence-electron chi connectivity index (χ2n) is 4.04. The van der Waals surface area contributed by atoms with E-state index in [1.165, 1.54) is 11.1 Å². The lowest BCUT2D eigenvalue weighted by atomic mass is 10.1. The summed E-state index contributed by atoms with van der Waals surface area (Å²) >= 11 is 3.28. The quantitative estimate of drug-likeness (QED) is 0.819. The minimum absolute atomic E-state index is 0.748. The van der Waals surface area contributed by atoms with Crippen LogP contribution in [0.4, 0.5) is 11.5 Å². The molecule has 0 atom stereocenters. The van der Waals surface area contributed by atoms with Gasteiger partial charge in [0.15, 0.2) is 0 Å². The Balaban J connectivity index is 1.91. The predicted molar refractivity (Wildman–Crippen MR) is 70.5 cm³/mol. The van der Waals surface area contributed by atoms with Gasteiger partial charge in [-0.15, -0.1) is 0 Å². The van der Waals surface area contributed by atoms with Gasteiger partial charge in [0, 0.05) is 18.8 Å². The van der Waals surface area contributed by atoms with Gasteiger partial charge in [-0.3, -0.25) is 0 Å². The Morgan fingerprint density at radius 3 is 2.76 bits per heavy atom. The molecule has 0 unspecified atom stereocenters. The summed E-state index contributed by atoms with van der Waals surface area (Å²) < 4.78 is 0.748. The van der Waals surface area contributed by atoms with Crippen LogP contribution in [-0.2, 0) is 13.1 Å². The molecule has 4 nitrogen and oxygen atoms in total. The molecule has 0 radical (unpaired) electrons. The van der Waals surface area contributed by atoms with Gasteiger partial charge < -0.3 is 10.6 Å². The largest absolute Gasteiger partial charge is 0.398 e. The Morgan fingerprint density at radius 2 is 2.06 bits per heavy atom. The molecule has 17 heavy (non-hydrogen) atoms. The third kappa shape index (κ3) is 1.86. The monoisotopic (exact) mass is 290 g/mol. The lowest BCUT2D eigenvalue weighted by molar-refractivity contribution is 0.849. The third-order valence-corrected chi connectivity index (χ3v) is 3.36. The fourth-order valence-corrected chi connectivity index (χ4v) is 2.28. The van der Waals surface area contributed by atoms with E-state index in [1.807, 2.05) is 12.1 Å². The van der Waals surface area contributed by atoms with E-state index in [-0.39, 0.29) is 0 Å². The van der Waals surface area contributed by atoms with E-state index in [2.05, 4.69) is 36.9 Å². The summed E-state index contributed by atoms with van der Waals surface area (Å²) in [5, 5.41) is 0. The topological polar surface area (TPSA) is 55.0 Å². The molecule has 2 heterocycles. The highest BCUT2D eigenvalue weighted by Crippen LogP contribution is 2.30. The number of halogens is 1. The molecule has 2 N–H and O–H groups in total. The fourth-order valence-electron chi connectivity index (χ4n) is 2.08. The Labute approximate surface area is 108 Å². The van der Waals surface area contributed by atoms with Gasteiger partial charge in [-0.1, -0.05) is 12.1 Å². The second kappa shape index (κ2) is 4.00. The van der Waals surface area contributed by atoms with Gasteiger partial charge in [-0.25, -0.2) is 9.97 Å². The molecule has 5 heteroatoms. The van der Waals surface area contributed by atoms with Crippen molar-refractivity contribution in [1.29, 1.82) is 0 Å². The van der Waals surface area contributed by atoms with Gasteiger partial charge in [0.2, 0.25) is 0 Å². The van der Waals surface area contributed by atoms with E-state index < -0.39 is 0 Å². The molecule has 0 saturated heterocycles. The first-order valence-electron chi connectivity index (χ1n) is 5.33. The molecule has 0 amide bonds. The molecule has 1 aliphatic heterocycles. The van der Waals surface area contributed by atoms with Crippen molar-refractivity contribution < 1.29 is 0 Å². The van der Waals surface area contributed by atoms with Crippen LogP contribution in [0.3, 0.4) is 0 Å². The van der Waals surface area contributed by atoms with Crippen molar-refractivity contribution in [3.8, 4) is 0 Å². The standard InChI is InChI=1S/C12H11BrN4/c13-11-4-16-12(5-15-11)17-6-8-2-1-3-10(14)9(8)7-17/h1-5H,6-7,14H2. The normalized spacial score (nSPS) is 13.8. The Bertz CT molecular complexity index is 553. The van der Waals surface area contributed by atoms with Crippen molar-refractivity contribution in [2.75, 3.05) is 10.6 Å². The Hall–Kier alpha value is -1.62. The summed E-state index contributed by atoms with van der Waals surface area (Å²) in [6.45, 7) is 1.65. The van der Waals surface area contributed by atoms with Crippen molar-refractivity contribution in [3.05, 3.63) is 46.3 Å². The summed E-state index contributed by atoms with van der Waals surface area (Å²) in [6, 6.07) is 6.04. The SMILES string of the molecule is Nc1cccc2c1CN(c1cnc(Br)cn1)C2. The van der Waals surface area contributed by atoms with Gasteiger partial charge in [0.05, 0.1) is 12.4 Å². The van der Waals surface area contributed by atoms with Crippen LogP contribution in [0.1, 0.15) is 11.1 Å². The fraction of sp³-hybridized carbons (Fsp3) is 0.167. The summed E-state index contributed by atoms with van der Waals surface area (Å²) in [5.74, 6) is 0.879. The van der Waals surface area contributed by atoms with Crippen molar-refractivity contribution in [1.82, 2.24) is 9.97 Å². The smallest absolute Gasteiger partial charge is 0.147 e. The lowest BCUT2D eigenvalue weighted by Gasteiger charge is -2.15. The zero-order chi connectivity index (χ0) is 11.8. The molecule has 2 aromatic rings. The number of anilines is 2. The van der Waals surface area contributed by atoms with Crippen LogP contribution in [0.15, 0.2) is 35.2 Å². The maximum Gasteiger partial charge on any atom is 0.147 e. The van der Waals surface area contributed by atoms with Crippen LogP contribution < -0.4 is 10.6 Å². The highest BCUT2D eigenvalue weighted by atomic mass is 79.9. The molecule has 3 rings (SSSR count). The molecule has 1 aliphatic rings. The Morgan fingerprint density at radius 1 is 1.18 bits per heavy atom. The molecule has 0 spiro atoms. The average Bonchev–Trinajstić information content (AvgIpc) is 2.75. The number of hydrogen-bond acceptors (Lipinski definition) is 4. The molecule has 0 bridgehead atoms. The second-order valence-corrected chi connectivity index (χ2v) is 4.85. The van der Waals surface area contributed by atoms with Crippen LogP contribution in [-0.4, -0.2) is 9.97 Å². The first kappa shape index (κ1) is 10.5. The highest BCUT2D eigenvalue weighted by Gasteiger charge is 2.21. The highest BCUT2D eigenvalue weighted by molar-refractivity contribution is 9.10. The minimum atomic E-state index is 0.748. The van der Waals surface area contributed by atoms with Gasteiger partial charge >= 0.3 is 0 Å².